The fraction of sp³-hybridized carbons (Fsp3) is 0.562. The molecule has 0 radical (unpaired) electrons. The average Bonchev–Trinajstić information content (AvgIpc) is 2.53. The fourth-order valence-corrected chi connectivity index (χ4v) is 2.66. The minimum absolute atomic E-state index is 0.113. The zero-order valence-corrected chi connectivity index (χ0v) is 14.8. The lowest BCUT2D eigenvalue weighted by Gasteiger charge is -2.35. The number of hydrogen-bond donors (Lipinski definition) is 1. The molecular weight excluding hydrogens is 316 g/mol. The van der Waals surface area contributed by atoms with Gasteiger partial charge in [-0.25, -0.2) is 4.79 Å². The SMILES string of the molecule is COc1ccc(Cl)cc1NC(=O)N1CCN(CCN(C)C)CC1. The molecule has 2 amide bonds. The Hall–Kier alpha value is -1.50. The van der Waals surface area contributed by atoms with Crippen LogP contribution in [0.2, 0.25) is 5.02 Å². The van der Waals surface area contributed by atoms with E-state index in [2.05, 4.69) is 29.2 Å². The number of piperazine rings is 1. The summed E-state index contributed by atoms with van der Waals surface area (Å²) in [4.78, 5) is 18.8. The summed E-state index contributed by atoms with van der Waals surface area (Å²) in [5.74, 6) is 0.604. The Morgan fingerprint density at radius 1 is 1.30 bits per heavy atom. The smallest absolute Gasteiger partial charge is 0.322 e. The van der Waals surface area contributed by atoms with Crippen molar-refractivity contribution >= 4 is 23.3 Å². The van der Waals surface area contributed by atoms with Crippen molar-refractivity contribution < 1.29 is 9.53 Å². The van der Waals surface area contributed by atoms with Gasteiger partial charge in [0.15, 0.2) is 0 Å². The third kappa shape index (κ3) is 5.27. The van der Waals surface area contributed by atoms with Crippen LogP contribution in [0.15, 0.2) is 18.2 Å². The Balaban J connectivity index is 1.87. The van der Waals surface area contributed by atoms with Gasteiger partial charge in [-0.15, -0.1) is 0 Å². The van der Waals surface area contributed by atoms with Crippen LogP contribution in [0.1, 0.15) is 0 Å². The van der Waals surface area contributed by atoms with Crippen LogP contribution in [-0.2, 0) is 0 Å². The topological polar surface area (TPSA) is 48.1 Å². The van der Waals surface area contributed by atoms with E-state index in [9.17, 15) is 4.79 Å². The Bertz CT molecular complexity index is 531. The van der Waals surface area contributed by atoms with Crippen molar-refractivity contribution in [2.75, 3.05) is 65.8 Å². The molecule has 128 valence electrons. The normalized spacial score (nSPS) is 15.8. The molecule has 0 unspecified atom stereocenters. The Kier molecular flexibility index (Phi) is 6.50. The van der Waals surface area contributed by atoms with Crippen LogP contribution in [-0.4, -0.2) is 81.2 Å². The van der Waals surface area contributed by atoms with Gasteiger partial charge in [0.1, 0.15) is 5.75 Å². The summed E-state index contributed by atoms with van der Waals surface area (Å²) in [6.07, 6.45) is 0. The first-order valence-corrected chi connectivity index (χ1v) is 8.14. The molecule has 23 heavy (non-hydrogen) atoms. The third-order valence-electron chi connectivity index (χ3n) is 3.93. The summed E-state index contributed by atoms with van der Waals surface area (Å²) in [7, 11) is 5.71. The Labute approximate surface area is 142 Å². The molecule has 1 heterocycles. The molecule has 6 nitrogen and oxygen atoms in total. The molecule has 1 saturated heterocycles. The summed E-state index contributed by atoms with van der Waals surface area (Å²) >= 11 is 5.99. The summed E-state index contributed by atoms with van der Waals surface area (Å²) in [5, 5.41) is 3.45. The molecule has 1 aromatic rings. The highest BCUT2D eigenvalue weighted by atomic mass is 35.5. The van der Waals surface area contributed by atoms with Crippen molar-refractivity contribution in [3.63, 3.8) is 0 Å². The van der Waals surface area contributed by atoms with Crippen molar-refractivity contribution in [1.29, 1.82) is 0 Å². The number of methoxy groups -OCH3 is 1. The summed E-state index contributed by atoms with van der Waals surface area (Å²) < 4.78 is 5.26. The predicted octanol–water partition coefficient (Wildman–Crippen LogP) is 2.06. The molecule has 1 N–H and O–H groups in total. The Morgan fingerprint density at radius 3 is 2.61 bits per heavy atom. The van der Waals surface area contributed by atoms with Crippen LogP contribution in [0.5, 0.6) is 5.75 Å². The van der Waals surface area contributed by atoms with Crippen LogP contribution < -0.4 is 10.1 Å². The van der Waals surface area contributed by atoms with E-state index in [-0.39, 0.29) is 6.03 Å². The van der Waals surface area contributed by atoms with E-state index in [1.54, 1.807) is 25.3 Å². The summed E-state index contributed by atoms with van der Waals surface area (Å²) in [5.41, 5.74) is 0.597. The highest BCUT2D eigenvalue weighted by Crippen LogP contribution is 2.27. The average molecular weight is 341 g/mol. The molecule has 0 aliphatic carbocycles. The van der Waals surface area contributed by atoms with Crippen LogP contribution in [0, 0.1) is 0 Å². The van der Waals surface area contributed by atoms with Crippen LogP contribution in [0.3, 0.4) is 0 Å². The van der Waals surface area contributed by atoms with E-state index in [1.807, 2.05) is 4.90 Å². The first-order chi connectivity index (χ1) is 11.0. The number of nitrogens with zero attached hydrogens (tertiary/aromatic N) is 3. The maximum absolute atomic E-state index is 12.4. The molecule has 0 bridgehead atoms. The number of amides is 2. The molecule has 7 heteroatoms. The first-order valence-electron chi connectivity index (χ1n) is 7.76. The zero-order valence-electron chi connectivity index (χ0n) is 14.0. The van der Waals surface area contributed by atoms with Gasteiger partial charge in [-0.3, -0.25) is 4.90 Å². The number of rotatable bonds is 5. The van der Waals surface area contributed by atoms with Crippen molar-refractivity contribution in [3.8, 4) is 5.75 Å². The number of ether oxygens (including phenoxy) is 1. The second-order valence-electron chi connectivity index (χ2n) is 5.91. The molecule has 1 aliphatic heterocycles. The number of nitrogens with one attached hydrogen (secondary N) is 1. The molecule has 2 rings (SSSR count). The number of urea groups is 1. The predicted molar refractivity (Wildman–Crippen MR) is 93.6 cm³/mol. The fourth-order valence-electron chi connectivity index (χ4n) is 2.49. The van der Waals surface area contributed by atoms with E-state index in [4.69, 9.17) is 16.3 Å². The van der Waals surface area contributed by atoms with Crippen LogP contribution in [0.4, 0.5) is 10.5 Å². The van der Waals surface area contributed by atoms with Crippen LogP contribution in [0.25, 0.3) is 0 Å². The van der Waals surface area contributed by atoms with Gasteiger partial charge >= 0.3 is 6.03 Å². The minimum atomic E-state index is -0.113. The van der Waals surface area contributed by atoms with Gasteiger partial charge in [-0.2, -0.15) is 0 Å². The van der Waals surface area contributed by atoms with E-state index >= 15 is 0 Å². The maximum atomic E-state index is 12.4. The molecule has 0 saturated carbocycles. The van der Waals surface area contributed by atoms with Crippen molar-refractivity contribution in [3.05, 3.63) is 23.2 Å². The molecule has 0 atom stereocenters. The molecule has 1 fully saturated rings. The lowest BCUT2D eigenvalue weighted by molar-refractivity contribution is 0.140. The number of hydrogen-bond acceptors (Lipinski definition) is 4. The zero-order chi connectivity index (χ0) is 16.8. The maximum Gasteiger partial charge on any atom is 0.322 e. The van der Waals surface area contributed by atoms with Gasteiger partial charge in [0.2, 0.25) is 0 Å². The third-order valence-corrected chi connectivity index (χ3v) is 4.16. The van der Waals surface area contributed by atoms with Gasteiger partial charge in [0.05, 0.1) is 12.8 Å². The van der Waals surface area contributed by atoms with Crippen LogP contribution >= 0.6 is 11.6 Å². The van der Waals surface area contributed by atoms with Gasteiger partial charge < -0.3 is 19.9 Å². The quantitative estimate of drug-likeness (QED) is 0.891. The number of carbonyl (C=O) groups is 1. The van der Waals surface area contributed by atoms with E-state index in [1.165, 1.54) is 0 Å². The Morgan fingerprint density at radius 2 is 2.00 bits per heavy atom. The van der Waals surface area contributed by atoms with Gasteiger partial charge in [0, 0.05) is 44.3 Å². The van der Waals surface area contributed by atoms with Crippen molar-refractivity contribution in [2.45, 2.75) is 0 Å². The van der Waals surface area contributed by atoms with Gasteiger partial charge in [-0.05, 0) is 32.3 Å². The molecule has 0 aromatic heterocycles. The second kappa shape index (κ2) is 8.38. The second-order valence-corrected chi connectivity index (χ2v) is 6.34. The summed E-state index contributed by atoms with van der Waals surface area (Å²) in [6, 6.07) is 5.07. The first kappa shape index (κ1) is 17.8. The lowest BCUT2D eigenvalue weighted by atomic mass is 10.3. The molecular formula is C16H25ClN4O2. The highest BCUT2D eigenvalue weighted by Gasteiger charge is 2.21. The van der Waals surface area contributed by atoms with Gasteiger partial charge in [0.25, 0.3) is 0 Å². The number of halogens is 1. The summed E-state index contributed by atoms with van der Waals surface area (Å²) in [6.45, 7) is 5.31. The molecule has 1 aromatic carbocycles. The minimum Gasteiger partial charge on any atom is -0.495 e. The number of anilines is 1. The van der Waals surface area contributed by atoms with E-state index < -0.39 is 0 Å². The number of benzene rings is 1. The van der Waals surface area contributed by atoms with Gasteiger partial charge in [-0.1, -0.05) is 11.6 Å². The largest absolute Gasteiger partial charge is 0.495 e. The number of carbonyl (C=O) groups excluding carboxylic acids is 1. The molecule has 1 aliphatic rings. The molecule has 0 spiro atoms. The number of likely N-dealkylation sites (N-methyl/N-ethyl adjacent to an activating group) is 1. The van der Waals surface area contributed by atoms with E-state index in [0.717, 1.165) is 39.3 Å². The van der Waals surface area contributed by atoms with Crippen molar-refractivity contribution in [2.24, 2.45) is 0 Å². The van der Waals surface area contributed by atoms with E-state index in [0.29, 0.717) is 16.5 Å². The highest BCUT2D eigenvalue weighted by molar-refractivity contribution is 6.31. The monoisotopic (exact) mass is 340 g/mol. The van der Waals surface area contributed by atoms with Crippen molar-refractivity contribution in [1.82, 2.24) is 14.7 Å². The standard InChI is InChI=1S/C16H25ClN4O2/c1-19(2)6-7-20-8-10-21(11-9-20)16(22)18-14-12-13(17)4-5-15(14)23-3/h4-5,12H,6-11H2,1-3H3,(H,18,22). The lowest BCUT2D eigenvalue weighted by Crippen LogP contribution is -2.51.